The topological polar surface area (TPSA) is 52.9 Å². The molecular formula is C21H24N2O4S. The quantitative estimate of drug-likeness (QED) is 0.574. The Balaban J connectivity index is 1.97. The number of thiophene rings is 1. The number of carbonyl (C=O) groups excluding carboxylic acids is 1. The zero-order chi connectivity index (χ0) is 20.1. The van der Waals surface area contributed by atoms with Crippen LogP contribution in [-0.2, 0) is 20.1 Å². The Hall–Kier alpha value is -2.93. The van der Waals surface area contributed by atoms with Crippen LogP contribution in [-0.4, -0.2) is 36.7 Å². The maximum atomic E-state index is 13.4. The molecule has 1 aromatic carbocycles. The molecule has 7 heteroatoms. The summed E-state index contributed by atoms with van der Waals surface area (Å²) in [7, 11) is 6.60. The molecule has 0 aliphatic rings. The van der Waals surface area contributed by atoms with Crippen LogP contribution in [0.2, 0.25) is 0 Å². The molecule has 0 atom stereocenters. The van der Waals surface area contributed by atoms with Gasteiger partial charge in [-0.3, -0.25) is 4.79 Å². The van der Waals surface area contributed by atoms with E-state index < -0.39 is 0 Å². The molecule has 0 N–H and O–H groups in total. The summed E-state index contributed by atoms with van der Waals surface area (Å²) < 4.78 is 18.2. The Morgan fingerprint density at radius 2 is 1.75 bits per heavy atom. The molecule has 1 amide bonds. The summed E-state index contributed by atoms with van der Waals surface area (Å²) in [4.78, 5) is 16.4. The van der Waals surface area contributed by atoms with E-state index in [4.69, 9.17) is 14.2 Å². The molecule has 3 aromatic rings. The van der Waals surface area contributed by atoms with Crippen molar-refractivity contribution in [3.63, 3.8) is 0 Å². The van der Waals surface area contributed by atoms with Crippen molar-refractivity contribution in [2.45, 2.75) is 13.1 Å². The van der Waals surface area contributed by atoms with E-state index in [1.54, 1.807) is 44.8 Å². The number of benzene rings is 1. The first-order chi connectivity index (χ1) is 13.6. The van der Waals surface area contributed by atoms with Crippen LogP contribution in [0.4, 0.5) is 0 Å². The van der Waals surface area contributed by atoms with Crippen LogP contribution in [0.15, 0.2) is 48.0 Å². The molecular weight excluding hydrogens is 376 g/mol. The predicted molar refractivity (Wildman–Crippen MR) is 109 cm³/mol. The van der Waals surface area contributed by atoms with Gasteiger partial charge in [-0.15, -0.1) is 11.3 Å². The number of rotatable bonds is 8. The minimum atomic E-state index is -0.103. The summed E-state index contributed by atoms with van der Waals surface area (Å²) in [6.45, 7) is 1.02. The van der Waals surface area contributed by atoms with E-state index in [2.05, 4.69) is 0 Å². The van der Waals surface area contributed by atoms with Crippen molar-refractivity contribution >= 4 is 17.2 Å². The van der Waals surface area contributed by atoms with E-state index in [0.717, 1.165) is 10.6 Å². The fourth-order valence-corrected chi connectivity index (χ4v) is 3.75. The molecule has 0 spiro atoms. The highest BCUT2D eigenvalue weighted by atomic mass is 32.1. The molecule has 0 fully saturated rings. The van der Waals surface area contributed by atoms with Gasteiger partial charge >= 0.3 is 0 Å². The number of amides is 1. The Bertz CT molecular complexity index is 909. The fraction of sp³-hybridized carbons (Fsp3) is 0.286. The van der Waals surface area contributed by atoms with E-state index in [1.807, 2.05) is 52.4 Å². The zero-order valence-corrected chi connectivity index (χ0v) is 17.3. The maximum Gasteiger partial charge on any atom is 0.254 e. The van der Waals surface area contributed by atoms with E-state index in [1.165, 1.54) is 0 Å². The third-order valence-electron chi connectivity index (χ3n) is 4.53. The summed E-state index contributed by atoms with van der Waals surface area (Å²) in [5.41, 5.74) is 1.54. The molecule has 0 saturated heterocycles. The number of nitrogens with zero attached hydrogens (tertiary/aromatic N) is 2. The van der Waals surface area contributed by atoms with Gasteiger partial charge in [-0.25, -0.2) is 0 Å². The molecule has 2 aromatic heterocycles. The smallest absolute Gasteiger partial charge is 0.254 e. The second kappa shape index (κ2) is 8.84. The van der Waals surface area contributed by atoms with Crippen LogP contribution in [0.5, 0.6) is 17.2 Å². The number of hydrogen-bond acceptors (Lipinski definition) is 5. The van der Waals surface area contributed by atoms with Crippen LogP contribution < -0.4 is 14.2 Å². The average molecular weight is 401 g/mol. The van der Waals surface area contributed by atoms with Gasteiger partial charge in [0.15, 0.2) is 11.5 Å². The lowest BCUT2D eigenvalue weighted by Gasteiger charge is -2.23. The molecule has 0 unspecified atom stereocenters. The monoisotopic (exact) mass is 400 g/mol. The SMILES string of the molecule is COc1cc(C(=O)N(Cc2cccs2)Cc2cccn2C)cc(OC)c1OC. The number of carbonyl (C=O) groups is 1. The highest BCUT2D eigenvalue weighted by molar-refractivity contribution is 7.09. The van der Waals surface area contributed by atoms with Gasteiger partial charge in [0.05, 0.1) is 34.4 Å². The van der Waals surface area contributed by atoms with Crippen molar-refractivity contribution in [2.24, 2.45) is 7.05 Å². The minimum absolute atomic E-state index is 0.103. The molecule has 3 rings (SSSR count). The van der Waals surface area contributed by atoms with E-state index in [-0.39, 0.29) is 5.91 Å². The first-order valence-electron chi connectivity index (χ1n) is 8.79. The van der Waals surface area contributed by atoms with Crippen molar-refractivity contribution in [1.29, 1.82) is 0 Å². The Labute approximate surface area is 168 Å². The molecule has 0 aliphatic heterocycles. The van der Waals surface area contributed by atoms with Gasteiger partial charge in [-0.05, 0) is 35.7 Å². The minimum Gasteiger partial charge on any atom is -0.493 e. The highest BCUT2D eigenvalue weighted by Gasteiger charge is 2.22. The van der Waals surface area contributed by atoms with Crippen molar-refractivity contribution in [2.75, 3.05) is 21.3 Å². The number of aryl methyl sites for hydroxylation is 1. The first-order valence-corrected chi connectivity index (χ1v) is 9.67. The van der Waals surface area contributed by atoms with Gasteiger partial charge < -0.3 is 23.7 Å². The number of methoxy groups -OCH3 is 3. The first kappa shape index (κ1) is 19.8. The van der Waals surface area contributed by atoms with E-state index in [9.17, 15) is 4.79 Å². The van der Waals surface area contributed by atoms with Gasteiger partial charge in [0.25, 0.3) is 5.91 Å². The van der Waals surface area contributed by atoms with Crippen LogP contribution in [0.25, 0.3) is 0 Å². The van der Waals surface area contributed by atoms with Crippen LogP contribution in [0, 0.1) is 0 Å². The van der Waals surface area contributed by atoms with Crippen molar-refractivity contribution in [3.8, 4) is 17.2 Å². The molecule has 0 bridgehead atoms. The van der Waals surface area contributed by atoms with Gasteiger partial charge in [0, 0.05) is 29.4 Å². The van der Waals surface area contributed by atoms with Gasteiger partial charge in [-0.2, -0.15) is 0 Å². The summed E-state index contributed by atoms with van der Waals surface area (Å²) in [6, 6.07) is 11.4. The number of aromatic nitrogens is 1. The summed E-state index contributed by atoms with van der Waals surface area (Å²) in [5, 5.41) is 2.01. The molecule has 0 radical (unpaired) electrons. The fourth-order valence-electron chi connectivity index (χ4n) is 3.03. The lowest BCUT2D eigenvalue weighted by molar-refractivity contribution is 0.0727. The normalized spacial score (nSPS) is 10.6. The lowest BCUT2D eigenvalue weighted by atomic mass is 10.1. The van der Waals surface area contributed by atoms with Crippen molar-refractivity contribution in [3.05, 3.63) is 64.1 Å². The highest BCUT2D eigenvalue weighted by Crippen LogP contribution is 2.38. The zero-order valence-electron chi connectivity index (χ0n) is 16.5. The molecule has 148 valence electrons. The molecule has 2 heterocycles. The Kier molecular flexibility index (Phi) is 6.26. The third kappa shape index (κ3) is 4.14. The predicted octanol–water partition coefficient (Wildman–Crippen LogP) is 3.96. The van der Waals surface area contributed by atoms with E-state index >= 15 is 0 Å². The van der Waals surface area contributed by atoms with E-state index in [0.29, 0.717) is 35.9 Å². The number of hydrogen-bond donors (Lipinski definition) is 0. The average Bonchev–Trinajstić information content (AvgIpc) is 3.37. The summed E-state index contributed by atoms with van der Waals surface area (Å²) in [6.07, 6.45) is 1.97. The third-order valence-corrected chi connectivity index (χ3v) is 5.39. The summed E-state index contributed by atoms with van der Waals surface area (Å²) in [5.74, 6) is 1.28. The van der Waals surface area contributed by atoms with Gasteiger partial charge in [0.2, 0.25) is 5.75 Å². The van der Waals surface area contributed by atoms with Crippen LogP contribution >= 0.6 is 11.3 Å². The van der Waals surface area contributed by atoms with Crippen LogP contribution in [0.1, 0.15) is 20.9 Å². The molecule has 28 heavy (non-hydrogen) atoms. The van der Waals surface area contributed by atoms with Crippen molar-refractivity contribution < 1.29 is 19.0 Å². The standard InChI is InChI=1S/C21H24N2O4S/c1-22-9-5-7-16(22)13-23(14-17-8-6-10-28-17)21(24)15-11-18(25-2)20(27-4)19(12-15)26-3/h5-12H,13-14H2,1-4H3. The second-order valence-electron chi connectivity index (χ2n) is 6.27. The Morgan fingerprint density at radius 3 is 2.25 bits per heavy atom. The molecule has 0 aliphatic carbocycles. The van der Waals surface area contributed by atoms with Gasteiger partial charge in [-0.1, -0.05) is 6.07 Å². The summed E-state index contributed by atoms with van der Waals surface area (Å²) >= 11 is 1.63. The van der Waals surface area contributed by atoms with Crippen LogP contribution in [0.3, 0.4) is 0 Å². The van der Waals surface area contributed by atoms with Crippen molar-refractivity contribution in [1.82, 2.24) is 9.47 Å². The largest absolute Gasteiger partial charge is 0.493 e. The molecule has 6 nitrogen and oxygen atoms in total. The lowest BCUT2D eigenvalue weighted by Crippen LogP contribution is -2.30. The Morgan fingerprint density at radius 1 is 1.04 bits per heavy atom. The second-order valence-corrected chi connectivity index (χ2v) is 7.30. The number of ether oxygens (including phenoxy) is 3. The molecule has 0 saturated carbocycles. The maximum absolute atomic E-state index is 13.4. The van der Waals surface area contributed by atoms with Gasteiger partial charge in [0.1, 0.15) is 0 Å².